The molecule has 7 nitrogen and oxygen atoms in total. The van der Waals surface area contributed by atoms with E-state index in [1.165, 1.54) is 0 Å². The number of carbonyl (C=O) groups excluding carboxylic acids is 2. The molecule has 0 saturated heterocycles. The largest absolute Gasteiger partial charge is 0.497 e. The minimum Gasteiger partial charge on any atom is -0.497 e. The number of hydrogen-bond donors (Lipinski definition) is 0. The van der Waals surface area contributed by atoms with Gasteiger partial charge in [0.1, 0.15) is 11.9 Å². The fraction of sp³-hybridized carbons (Fsp3) is 0.467. The van der Waals surface area contributed by atoms with Crippen molar-refractivity contribution in [1.29, 1.82) is 0 Å². The highest BCUT2D eigenvalue weighted by atomic mass is 16.5. The number of carbonyl (C=O) groups is 2. The maximum Gasteiger partial charge on any atom is 0.290 e. The Bertz CT molecular complexity index is 1240. The van der Waals surface area contributed by atoms with Crippen LogP contribution in [0, 0.1) is 17.8 Å². The minimum atomic E-state index is -0.516. The fourth-order valence-electron chi connectivity index (χ4n) is 6.34. The summed E-state index contributed by atoms with van der Waals surface area (Å²) in [6, 6.07) is 12.9. The Morgan fingerprint density at radius 1 is 0.946 bits per heavy atom. The van der Waals surface area contributed by atoms with E-state index in [1.807, 2.05) is 42.5 Å². The van der Waals surface area contributed by atoms with Gasteiger partial charge < -0.3 is 23.8 Å². The molecule has 2 aromatic rings. The summed E-state index contributed by atoms with van der Waals surface area (Å²) in [5, 5.41) is 0. The summed E-state index contributed by atoms with van der Waals surface area (Å²) in [7, 11) is 4.82. The van der Waals surface area contributed by atoms with Crippen LogP contribution in [0.15, 0.2) is 53.8 Å². The summed E-state index contributed by atoms with van der Waals surface area (Å²) < 4.78 is 22.7. The van der Waals surface area contributed by atoms with Crippen LogP contribution in [-0.4, -0.2) is 50.6 Å². The second-order valence-corrected chi connectivity index (χ2v) is 10.5. The molecular formula is C30H35NO6. The highest BCUT2D eigenvalue weighted by Gasteiger charge is 2.54. The summed E-state index contributed by atoms with van der Waals surface area (Å²) in [5.74, 6) is 2.48. The molecule has 2 heterocycles. The van der Waals surface area contributed by atoms with Crippen LogP contribution in [0.3, 0.4) is 0 Å². The maximum absolute atomic E-state index is 14.0. The van der Waals surface area contributed by atoms with Gasteiger partial charge in [0.2, 0.25) is 0 Å². The van der Waals surface area contributed by atoms with Crippen molar-refractivity contribution >= 4 is 11.7 Å². The monoisotopic (exact) mass is 505 g/mol. The molecule has 0 radical (unpaired) electrons. The van der Waals surface area contributed by atoms with Gasteiger partial charge >= 0.3 is 0 Å². The molecule has 3 aliphatic rings. The van der Waals surface area contributed by atoms with Crippen LogP contribution in [0.5, 0.6) is 17.2 Å². The highest BCUT2D eigenvalue weighted by molar-refractivity contribution is 6.11. The van der Waals surface area contributed by atoms with E-state index in [0.717, 1.165) is 24.0 Å². The van der Waals surface area contributed by atoms with Gasteiger partial charge in [0.25, 0.3) is 5.91 Å². The van der Waals surface area contributed by atoms with Gasteiger partial charge in [-0.1, -0.05) is 32.0 Å². The third-order valence-electron chi connectivity index (χ3n) is 8.04. The van der Waals surface area contributed by atoms with Crippen LogP contribution in [-0.2, 0) is 20.7 Å². The quantitative estimate of drug-likeness (QED) is 0.541. The van der Waals surface area contributed by atoms with Gasteiger partial charge in [-0.05, 0) is 66.5 Å². The number of fused-ring (bicyclic) bond motifs is 1. The number of amides is 1. The summed E-state index contributed by atoms with van der Waals surface area (Å²) in [4.78, 5) is 29.6. The predicted molar refractivity (Wildman–Crippen MR) is 139 cm³/mol. The Morgan fingerprint density at radius 2 is 1.73 bits per heavy atom. The number of Topliss-reactive ketones (excluding diaryl/α,β-unsaturated/α-hetero) is 1. The van der Waals surface area contributed by atoms with Gasteiger partial charge in [-0.25, -0.2) is 0 Å². The molecular weight excluding hydrogens is 470 g/mol. The second-order valence-electron chi connectivity index (χ2n) is 10.5. The molecule has 2 aromatic carbocycles. The van der Waals surface area contributed by atoms with Gasteiger partial charge in [0.05, 0.1) is 38.9 Å². The molecule has 7 heteroatoms. The Balaban J connectivity index is 1.51. The minimum absolute atomic E-state index is 0.0560. The number of ketones is 1. The molecule has 2 aliphatic heterocycles. The number of ether oxygens (including phenoxy) is 4. The smallest absolute Gasteiger partial charge is 0.290 e. The van der Waals surface area contributed by atoms with E-state index < -0.39 is 6.04 Å². The van der Waals surface area contributed by atoms with Crippen molar-refractivity contribution in [3.8, 4) is 17.2 Å². The van der Waals surface area contributed by atoms with Crippen LogP contribution in [0.1, 0.15) is 43.9 Å². The zero-order valence-corrected chi connectivity index (χ0v) is 22.2. The second kappa shape index (κ2) is 10.1. The summed E-state index contributed by atoms with van der Waals surface area (Å²) in [6.07, 6.45) is 2.12. The van der Waals surface area contributed by atoms with Crippen molar-refractivity contribution in [1.82, 2.24) is 4.90 Å². The normalized spacial score (nSPS) is 26.9. The summed E-state index contributed by atoms with van der Waals surface area (Å²) in [6.45, 7) is 4.74. The molecule has 37 heavy (non-hydrogen) atoms. The first-order chi connectivity index (χ1) is 17.9. The van der Waals surface area contributed by atoms with Crippen molar-refractivity contribution in [3.63, 3.8) is 0 Å². The zero-order chi connectivity index (χ0) is 26.3. The molecule has 5 unspecified atom stereocenters. The van der Waals surface area contributed by atoms with Crippen molar-refractivity contribution in [2.45, 2.75) is 45.3 Å². The first kappa shape index (κ1) is 25.2. The van der Waals surface area contributed by atoms with Crippen molar-refractivity contribution in [3.05, 3.63) is 64.9 Å². The number of rotatable bonds is 7. The SMILES string of the molecule is COc1cccc(C2C3=C(OC4CC(C)CC(C)C4C3=O)C(=O)N2CCc2ccc(OC)c(OC)c2)c1. The third-order valence-corrected chi connectivity index (χ3v) is 8.04. The van der Waals surface area contributed by atoms with Gasteiger partial charge in [-0.15, -0.1) is 0 Å². The molecule has 0 bridgehead atoms. The summed E-state index contributed by atoms with van der Waals surface area (Å²) in [5.41, 5.74) is 2.34. The molecule has 1 aliphatic carbocycles. The molecule has 1 saturated carbocycles. The van der Waals surface area contributed by atoms with Crippen LogP contribution in [0.4, 0.5) is 0 Å². The van der Waals surface area contributed by atoms with E-state index in [1.54, 1.807) is 26.2 Å². The Labute approximate surface area is 218 Å². The number of methoxy groups -OCH3 is 3. The molecule has 5 rings (SSSR count). The predicted octanol–water partition coefficient (Wildman–Crippen LogP) is 4.74. The van der Waals surface area contributed by atoms with E-state index in [0.29, 0.717) is 41.7 Å². The van der Waals surface area contributed by atoms with Crippen molar-refractivity contribution in [2.24, 2.45) is 17.8 Å². The lowest BCUT2D eigenvalue weighted by Gasteiger charge is -2.41. The van der Waals surface area contributed by atoms with Crippen LogP contribution in [0.2, 0.25) is 0 Å². The van der Waals surface area contributed by atoms with Gasteiger partial charge in [0, 0.05) is 6.54 Å². The van der Waals surface area contributed by atoms with E-state index in [2.05, 4.69) is 13.8 Å². The van der Waals surface area contributed by atoms with Crippen molar-refractivity contribution in [2.75, 3.05) is 27.9 Å². The lowest BCUT2D eigenvalue weighted by Crippen LogP contribution is -2.45. The zero-order valence-electron chi connectivity index (χ0n) is 22.2. The molecule has 0 spiro atoms. The van der Waals surface area contributed by atoms with E-state index in [9.17, 15) is 9.59 Å². The number of benzene rings is 2. The topological polar surface area (TPSA) is 74.3 Å². The first-order valence-electron chi connectivity index (χ1n) is 13.0. The van der Waals surface area contributed by atoms with E-state index >= 15 is 0 Å². The Morgan fingerprint density at radius 3 is 2.46 bits per heavy atom. The molecule has 0 N–H and O–H groups in total. The van der Waals surface area contributed by atoms with Gasteiger partial charge in [-0.2, -0.15) is 0 Å². The maximum atomic E-state index is 14.0. The molecule has 1 amide bonds. The van der Waals surface area contributed by atoms with Crippen molar-refractivity contribution < 1.29 is 28.5 Å². The number of hydrogen-bond acceptors (Lipinski definition) is 6. The average Bonchev–Trinajstić information content (AvgIpc) is 3.18. The van der Waals surface area contributed by atoms with Gasteiger partial charge in [0.15, 0.2) is 23.0 Å². The lowest BCUT2D eigenvalue weighted by molar-refractivity contribution is -0.138. The molecule has 0 aromatic heterocycles. The lowest BCUT2D eigenvalue weighted by atomic mass is 9.69. The van der Waals surface area contributed by atoms with Crippen LogP contribution in [0.25, 0.3) is 0 Å². The first-order valence-corrected chi connectivity index (χ1v) is 13.0. The third kappa shape index (κ3) is 4.45. The molecule has 196 valence electrons. The van der Waals surface area contributed by atoms with E-state index in [-0.39, 0.29) is 35.4 Å². The van der Waals surface area contributed by atoms with E-state index in [4.69, 9.17) is 18.9 Å². The Kier molecular flexibility index (Phi) is 6.88. The number of nitrogens with zero attached hydrogens (tertiary/aromatic N) is 1. The summed E-state index contributed by atoms with van der Waals surface area (Å²) >= 11 is 0. The standard InChI is InChI=1S/C30H35NO6/c1-17-13-18(2)25-24(14-17)37-29-26(28(25)32)27(20-7-6-8-21(16-20)34-3)31(30(29)33)12-11-19-9-10-22(35-4)23(15-19)36-5/h6-10,15-18,24-25,27H,11-14H2,1-5H3. The average molecular weight is 506 g/mol. The highest BCUT2D eigenvalue weighted by Crippen LogP contribution is 2.49. The van der Waals surface area contributed by atoms with Crippen LogP contribution < -0.4 is 14.2 Å². The fourth-order valence-corrected chi connectivity index (χ4v) is 6.34. The molecule has 5 atom stereocenters. The Hall–Kier alpha value is -3.48. The molecule has 1 fully saturated rings. The van der Waals surface area contributed by atoms with Crippen LogP contribution >= 0.6 is 0 Å². The van der Waals surface area contributed by atoms with Gasteiger partial charge in [-0.3, -0.25) is 9.59 Å².